The summed E-state index contributed by atoms with van der Waals surface area (Å²) in [5.74, 6) is -0.798. The Morgan fingerprint density at radius 2 is 1.69 bits per heavy atom. The molecule has 7 N–H and O–H groups in total. The maximum absolute atomic E-state index is 12.6. The van der Waals surface area contributed by atoms with Crippen LogP contribution in [0.5, 0.6) is 0 Å². The van der Waals surface area contributed by atoms with E-state index in [1.54, 1.807) is 6.20 Å². The molecule has 0 aromatic carbocycles. The molecule has 2 saturated heterocycles. The number of rotatable bonds is 13. The van der Waals surface area contributed by atoms with Gasteiger partial charge in [-0.05, 0) is 6.07 Å². The first-order valence-corrected chi connectivity index (χ1v) is 18.5. The van der Waals surface area contributed by atoms with E-state index in [0.29, 0.717) is 5.65 Å². The summed E-state index contributed by atoms with van der Waals surface area (Å²) in [7, 11) is -16.9. The summed E-state index contributed by atoms with van der Waals surface area (Å²) in [6.45, 7) is -2.13. The molecule has 28 heteroatoms. The van der Waals surface area contributed by atoms with Gasteiger partial charge in [0, 0.05) is 18.5 Å². The van der Waals surface area contributed by atoms with E-state index in [1.807, 2.05) is 0 Å². The minimum Gasteiger partial charge on any atom is -0.756 e. The Kier molecular flexibility index (Phi) is 12.0. The molecule has 2 fully saturated rings. The Labute approximate surface area is 307 Å². The van der Waals surface area contributed by atoms with E-state index in [1.165, 1.54) is 46.0 Å². The van der Waals surface area contributed by atoms with Gasteiger partial charge in [0.2, 0.25) is 0 Å². The van der Waals surface area contributed by atoms with Crippen LogP contribution >= 0.6 is 23.5 Å². The minimum absolute atomic E-state index is 0. The van der Waals surface area contributed by atoms with Gasteiger partial charge in [-0.15, -0.1) is 0 Å². The number of hydrogen-bond acceptors (Lipinski definition) is 18. The maximum atomic E-state index is 12.6. The molecule has 0 saturated carbocycles. The topological polar surface area (TPSA) is 349 Å². The van der Waals surface area contributed by atoms with Crippen LogP contribution in [0.3, 0.4) is 0 Å². The van der Waals surface area contributed by atoms with Crippen LogP contribution in [0.25, 0.3) is 16.8 Å². The Morgan fingerprint density at radius 3 is 2.39 bits per heavy atom. The van der Waals surface area contributed by atoms with Gasteiger partial charge >= 0.3 is 37.4 Å². The smallest absolute Gasteiger partial charge is 0.756 e. The van der Waals surface area contributed by atoms with E-state index >= 15 is 0 Å². The van der Waals surface area contributed by atoms with E-state index in [-0.39, 0.29) is 46.3 Å². The van der Waals surface area contributed by atoms with Crippen LogP contribution in [-0.2, 0) is 41.1 Å². The van der Waals surface area contributed by atoms with Gasteiger partial charge in [0.15, 0.2) is 41.5 Å². The largest absolute Gasteiger partial charge is 1.00 e. The predicted octanol–water partition coefficient (Wildman–Crippen LogP) is -6.49. The van der Waals surface area contributed by atoms with Crippen molar-refractivity contribution in [2.24, 2.45) is 5.73 Å². The monoisotopic (exact) mass is 789 g/mol. The van der Waals surface area contributed by atoms with Crippen molar-refractivity contribution in [2.45, 2.75) is 49.1 Å². The number of primary amides is 1. The second-order valence-corrected chi connectivity index (χ2v) is 15.0. The average molecular weight is 789 g/mol. The van der Waals surface area contributed by atoms with Crippen LogP contribution in [0.1, 0.15) is 22.8 Å². The number of phosphoric acid groups is 3. The normalized spacial score (nSPS) is 30.1. The maximum Gasteiger partial charge on any atom is 1.00 e. The fourth-order valence-electron chi connectivity index (χ4n) is 5.30. The molecule has 4 aromatic heterocycles. The quantitative estimate of drug-likeness (QED) is 0.0416. The molecule has 11 atom stereocenters. The zero-order chi connectivity index (χ0) is 36.2. The van der Waals surface area contributed by atoms with Crippen molar-refractivity contribution >= 4 is 46.2 Å². The summed E-state index contributed by atoms with van der Waals surface area (Å²) in [6, 6.07) is 2.77. The molecule has 6 rings (SSSR count). The fourth-order valence-corrected chi connectivity index (χ4v) is 7.89. The molecule has 2 aliphatic heterocycles. The summed E-state index contributed by atoms with van der Waals surface area (Å²) in [6.07, 6.45) is -5.29. The van der Waals surface area contributed by atoms with E-state index in [2.05, 4.69) is 32.8 Å². The Morgan fingerprint density at radius 1 is 0.980 bits per heavy atom. The van der Waals surface area contributed by atoms with Crippen molar-refractivity contribution in [2.75, 3.05) is 13.2 Å². The van der Waals surface area contributed by atoms with Crippen LogP contribution in [0.4, 0.5) is 0 Å². The number of aliphatic hydroxyl groups is 3. The SMILES string of the molecule is NC(=O)c1ccc[n+](C2O[C@H](COP(=O)([O-])OP(=O)(O)OC[C@H]3O[C@@H](n4cnc5c4ncn4ccnc54)[C@H](OP(=O)([O-])O)[C@@H]3O)[C@@H](O)[C@H]2O)c1.[Na+]. The van der Waals surface area contributed by atoms with Crippen molar-refractivity contribution in [3.63, 3.8) is 0 Å². The number of carbonyl (C=O) groups is 1. The summed E-state index contributed by atoms with van der Waals surface area (Å²) in [4.78, 5) is 67.5. The first-order valence-electron chi connectivity index (χ1n) is 14.1. The van der Waals surface area contributed by atoms with Crippen LogP contribution in [0.2, 0.25) is 0 Å². The van der Waals surface area contributed by atoms with E-state index in [4.69, 9.17) is 15.2 Å². The number of carbonyl (C=O) groups excluding carboxylic acids is 1. The molecule has 4 aromatic rings. The third-order valence-electron chi connectivity index (χ3n) is 7.53. The number of ether oxygens (including phenoxy) is 2. The van der Waals surface area contributed by atoms with Crippen molar-refractivity contribution in [3.8, 4) is 0 Å². The molecule has 51 heavy (non-hydrogen) atoms. The summed E-state index contributed by atoms with van der Waals surface area (Å²) in [5, 5.41) is 31.6. The standard InChI is InChI=1S/C23H28N7O17P3.Na/c24-19(34)11-2-1-4-28(6-11)22-17(33)15(31)12(44-22)7-42-49(38,39)47-50(40,41)43-8-13-16(32)18(46-48(35,36)37)23(45-13)30-10-26-14-20-25-3-5-29(20)9-27-21(14)30;/h1-6,9-10,12-13,15-18,22-23,31-33H,7-8H2,(H5-,24,34,35,36,37,38,39,40,41);/q;+1/p-1/t12-,13-,15-,16-,17-,18-,22?,23-;/m1./s1. The van der Waals surface area contributed by atoms with Crippen molar-refractivity contribution < 1.29 is 115 Å². The fraction of sp³-hybridized carbons (Fsp3) is 0.435. The number of aliphatic hydroxyl groups excluding tert-OH is 3. The van der Waals surface area contributed by atoms with E-state index in [9.17, 15) is 53.4 Å². The van der Waals surface area contributed by atoms with Gasteiger partial charge in [0.1, 0.15) is 42.4 Å². The van der Waals surface area contributed by atoms with Gasteiger partial charge in [-0.1, -0.05) is 0 Å². The molecule has 0 spiro atoms. The summed E-state index contributed by atoms with van der Waals surface area (Å²) >= 11 is 0. The molecule has 2 aliphatic rings. The van der Waals surface area contributed by atoms with Gasteiger partial charge in [0.05, 0.1) is 19.5 Å². The molecule has 24 nitrogen and oxygen atoms in total. The van der Waals surface area contributed by atoms with Crippen LogP contribution in [-0.4, -0.2) is 105 Å². The third-order valence-corrected chi connectivity index (χ3v) is 10.6. The number of aromatic nitrogens is 6. The molecular weight excluding hydrogens is 762 g/mol. The summed E-state index contributed by atoms with van der Waals surface area (Å²) < 4.78 is 69.7. The second kappa shape index (κ2) is 15.3. The van der Waals surface area contributed by atoms with Gasteiger partial charge in [-0.25, -0.2) is 23.8 Å². The van der Waals surface area contributed by atoms with Gasteiger partial charge < -0.3 is 59.1 Å². The average Bonchev–Trinajstić information content (AvgIpc) is 3.80. The molecule has 4 unspecified atom stereocenters. The first-order chi connectivity index (χ1) is 23.4. The number of nitrogens with two attached hydrogens (primary N) is 1. The zero-order valence-corrected chi connectivity index (χ0v) is 30.6. The van der Waals surface area contributed by atoms with Gasteiger partial charge in [-0.2, -0.15) is 4.57 Å². The molecule has 0 bridgehead atoms. The molecule has 0 aliphatic carbocycles. The molecule has 1 amide bonds. The molecule has 272 valence electrons. The number of amides is 1. The number of phosphoric ester groups is 3. The van der Waals surface area contributed by atoms with Crippen molar-refractivity contribution in [3.05, 3.63) is 55.1 Å². The minimum atomic E-state index is -5.73. The van der Waals surface area contributed by atoms with Gasteiger partial charge in [0.25, 0.3) is 27.8 Å². The molecular formula is C23H27N7NaO17P3. The number of nitrogens with zero attached hydrogens (tertiary/aromatic N) is 6. The zero-order valence-electron chi connectivity index (χ0n) is 25.9. The van der Waals surface area contributed by atoms with Crippen LogP contribution < -0.4 is 49.6 Å². The summed E-state index contributed by atoms with van der Waals surface area (Å²) in [5.41, 5.74) is 5.92. The van der Waals surface area contributed by atoms with E-state index < -0.39 is 91.7 Å². The third kappa shape index (κ3) is 8.82. The first kappa shape index (κ1) is 40.1. The van der Waals surface area contributed by atoms with Gasteiger partial charge in [-0.3, -0.25) is 27.4 Å². The second-order valence-electron chi connectivity index (χ2n) is 10.9. The van der Waals surface area contributed by atoms with Crippen LogP contribution in [0, 0.1) is 0 Å². The van der Waals surface area contributed by atoms with Crippen LogP contribution in [0.15, 0.2) is 49.6 Å². The Balaban J connectivity index is 0.00000504. The number of fused-ring (bicyclic) bond motifs is 3. The number of imidazole rings is 2. The Hall–Kier alpha value is -2.12. The predicted molar refractivity (Wildman–Crippen MR) is 152 cm³/mol. The van der Waals surface area contributed by atoms with Crippen molar-refractivity contribution in [1.82, 2.24) is 23.9 Å². The molecule has 0 radical (unpaired) electrons. The van der Waals surface area contributed by atoms with E-state index in [0.717, 1.165) is 10.9 Å². The number of pyridine rings is 1. The molecule has 6 heterocycles. The Bertz CT molecular complexity index is 2050. The van der Waals surface area contributed by atoms with Crippen molar-refractivity contribution in [1.29, 1.82) is 0 Å². The number of hydrogen-bond donors (Lipinski definition) is 6.